The van der Waals surface area contributed by atoms with Gasteiger partial charge in [0.25, 0.3) is 0 Å². The Bertz CT molecular complexity index is 1100. The lowest BCUT2D eigenvalue weighted by Crippen LogP contribution is -2.26. The van der Waals surface area contributed by atoms with E-state index in [2.05, 4.69) is 10.0 Å². The minimum Gasteiger partial charge on any atom is -0.352 e. The fourth-order valence-electron chi connectivity index (χ4n) is 3.07. The Morgan fingerprint density at radius 2 is 1.45 bits per heavy atom. The highest BCUT2D eigenvalue weighted by Gasteiger charge is 2.13. The average molecular weight is 457 g/mol. The molecule has 31 heavy (non-hydrogen) atoms. The number of hydrogen-bond donors (Lipinski definition) is 2. The maximum atomic E-state index is 12.5. The molecule has 3 aromatic carbocycles. The standard InChI is InChI=1S/C24H25ClN2O3S/c25-23-9-5-4-8-21(23)18-26-24(28)15-12-20-10-13-22(14-11-20)31(29,30)27-17-16-19-6-2-1-3-7-19/h1-11,13-14,27H,12,15-18H2,(H,26,28). The molecule has 0 heterocycles. The molecule has 0 atom stereocenters. The van der Waals surface area contributed by atoms with Gasteiger partial charge in [-0.2, -0.15) is 0 Å². The molecule has 2 N–H and O–H groups in total. The molecule has 0 saturated heterocycles. The lowest BCUT2D eigenvalue weighted by Gasteiger charge is -2.09. The van der Waals surface area contributed by atoms with Crippen molar-refractivity contribution in [3.8, 4) is 0 Å². The van der Waals surface area contributed by atoms with Gasteiger partial charge in [0, 0.05) is 24.5 Å². The predicted octanol–water partition coefficient (Wildman–Crippen LogP) is 4.11. The van der Waals surface area contributed by atoms with Gasteiger partial charge < -0.3 is 5.32 Å². The van der Waals surface area contributed by atoms with Crippen LogP contribution in [0.4, 0.5) is 0 Å². The molecular formula is C24H25ClN2O3S. The van der Waals surface area contributed by atoms with Crippen molar-refractivity contribution in [3.05, 3.63) is 101 Å². The summed E-state index contributed by atoms with van der Waals surface area (Å²) in [6.07, 6.45) is 1.46. The van der Waals surface area contributed by atoms with Crippen molar-refractivity contribution in [2.75, 3.05) is 6.54 Å². The summed E-state index contributed by atoms with van der Waals surface area (Å²) < 4.78 is 27.5. The van der Waals surface area contributed by atoms with Gasteiger partial charge in [0.05, 0.1) is 4.90 Å². The van der Waals surface area contributed by atoms with Gasteiger partial charge >= 0.3 is 0 Å². The fraction of sp³-hybridized carbons (Fsp3) is 0.208. The van der Waals surface area contributed by atoms with Crippen LogP contribution in [-0.4, -0.2) is 20.9 Å². The molecule has 0 unspecified atom stereocenters. The number of amides is 1. The highest BCUT2D eigenvalue weighted by atomic mass is 35.5. The van der Waals surface area contributed by atoms with Crippen molar-refractivity contribution in [1.82, 2.24) is 10.0 Å². The SMILES string of the molecule is O=C(CCc1ccc(S(=O)(=O)NCCc2ccccc2)cc1)NCc1ccccc1Cl. The largest absolute Gasteiger partial charge is 0.352 e. The summed E-state index contributed by atoms with van der Waals surface area (Å²) in [6, 6.07) is 23.7. The number of nitrogens with one attached hydrogen (secondary N) is 2. The number of hydrogen-bond acceptors (Lipinski definition) is 3. The normalized spacial score (nSPS) is 11.3. The molecule has 0 aromatic heterocycles. The predicted molar refractivity (Wildman–Crippen MR) is 123 cm³/mol. The minimum atomic E-state index is -3.56. The van der Waals surface area contributed by atoms with Crippen molar-refractivity contribution in [1.29, 1.82) is 0 Å². The lowest BCUT2D eigenvalue weighted by molar-refractivity contribution is -0.121. The van der Waals surface area contributed by atoms with E-state index in [1.807, 2.05) is 48.5 Å². The number of benzene rings is 3. The topological polar surface area (TPSA) is 75.3 Å². The molecule has 0 aliphatic rings. The summed E-state index contributed by atoms with van der Waals surface area (Å²) >= 11 is 6.09. The molecule has 0 aliphatic carbocycles. The van der Waals surface area contributed by atoms with Gasteiger partial charge in [0.2, 0.25) is 15.9 Å². The summed E-state index contributed by atoms with van der Waals surface area (Å²) in [6.45, 7) is 0.712. The average Bonchev–Trinajstić information content (AvgIpc) is 2.78. The van der Waals surface area contributed by atoms with Crippen LogP contribution in [0.3, 0.4) is 0 Å². The lowest BCUT2D eigenvalue weighted by atomic mass is 10.1. The van der Waals surface area contributed by atoms with Crippen LogP contribution in [0.2, 0.25) is 5.02 Å². The van der Waals surface area contributed by atoms with E-state index in [1.165, 1.54) is 0 Å². The second-order valence-corrected chi connectivity index (χ2v) is 9.32. The molecule has 0 fully saturated rings. The van der Waals surface area contributed by atoms with Crippen LogP contribution < -0.4 is 10.0 Å². The molecule has 0 bridgehead atoms. The molecule has 0 radical (unpaired) electrons. The van der Waals surface area contributed by atoms with E-state index in [1.54, 1.807) is 30.3 Å². The van der Waals surface area contributed by atoms with E-state index >= 15 is 0 Å². The van der Waals surface area contributed by atoms with Crippen LogP contribution in [-0.2, 0) is 34.2 Å². The Balaban J connectivity index is 1.45. The summed E-state index contributed by atoms with van der Waals surface area (Å²) in [5, 5.41) is 3.48. The first-order valence-electron chi connectivity index (χ1n) is 10.1. The summed E-state index contributed by atoms with van der Waals surface area (Å²) in [4.78, 5) is 12.3. The maximum Gasteiger partial charge on any atom is 0.240 e. The smallest absolute Gasteiger partial charge is 0.240 e. The van der Waals surface area contributed by atoms with E-state index < -0.39 is 10.0 Å². The van der Waals surface area contributed by atoms with Crippen LogP contribution >= 0.6 is 11.6 Å². The fourth-order valence-corrected chi connectivity index (χ4v) is 4.31. The van der Waals surface area contributed by atoms with Gasteiger partial charge in [-0.3, -0.25) is 4.79 Å². The second-order valence-electron chi connectivity index (χ2n) is 7.15. The number of carbonyl (C=O) groups is 1. The van der Waals surface area contributed by atoms with Gasteiger partial charge in [-0.1, -0.05) is 72.3 Å². The van der Waals surface area contributed by atoms with Gasteiger partial charge in [-0.25, -0.2) is 13.1 Å². The zero-order valence-electron chi connectivity index (χ0n) is 17.1. The van der Waals surface area contributed by atoms with Crippen molar-refractivity contribution in [3.63, 3.8) is 0 Å². The van der Waals surface area contributed by atoms with E-state index in [9.17, 15) is 13.2 Å². The van der Waals surface area contributed by atoms with Crippen molar-refractivity contribution in [2.45, 2.75) is 30.7 Å². The van der Waals surface area contributed by atoms with Crippen LogP contribution in [0, 0.1) is 0 Å². The molecule has 0 saturated carbocycles. The third-order valence-corrected chi connectivity index (χ3v) is 6.70. The van der Waals surface area contributed by atoms with Crippen LogP contribution in [0.5, 0.6) is 0 Å². The van der Waals surface area contributed by atoms with E-state index in [0.29, 0.717) is 37.4 Å². The highest BCUT2D eigenvalue weighted by Crippen LogP contribution is 2.15. The van der Waals surface area contributed by atoms with E-state index in [4.69, 9.17) is 11.6 Å². The van der Waals surface area contributed by atoms with E-state index in [-0.39, 0.29) is 10.8 Å². The molecule has 1 amide bonds. The number of rotatable bonds is 10. The first-order valence-corrected chi connectivity index (χ1v) is 11.9. The maximum absolute atomic E-state index is 12.5. The van der Waals surface area contributed by atoms with Gasteiger partial charge in [0.15, 0.2) is 0 Å². The third kappa shape index (κ3) is 7.21. The monoisotopic (exact) mass is 456 g/mol. The minimum absolute atomic E-state index is 0.0841. The number of carbonyl (C=O) groups excluding carboxylic acids is 1. The highest BCUT2D eigenvalue weighted by molar-refractivity contribution is 7.89. The van der Waals surface area contributed by atoms with Gasteiger partial charge in [-0.05, 0) is 47.7 Å². The van der Waals surface area contributed by atoms with Crippen LogP contribution in [0.1, 0.15) is 23.1 Å². The third-order valence-electron chi connectivity index (χ3n) is 4.86. The first kappa shape index (κ1) is 23.0. The summed E-state index contributed by atoms with van der Waals surface area (Å²) in [5.41, 5.74) is 2.84. The van der Waals surface area contributed by atoms with Gasteiger partial charge in [-0.15, -0.1) is 0 Å². The molecule has 3 aromatic rings. The molecule has 5 nitrogen and oxygen atoms in total. The molecule has 7 heteroatoms. The number of aryl methyl sites for hydroxylation is 1. The van der Waals surface area contributed by atoms with Crippen molar-refractivity contribution in [2.24, 2.45) is 0 Å². The summed E-state index contributed by atoms with van der Waals surface area (Å²) in [7, 11) is -3.56. The Morgan fingerprint density at radius 3 is 2.16 bits per heavy atom. The van der Waals surface area contributed by atoms with Crippen molar-refractivity contribution >= 4 is 27.5 Å². The number of halogens is 1. The zero-order valence-corrected chi connectivity index (χ0v) is 18.6. The van der Waals surface area contributed by atoms with Gasteiger partial charge in [0.1, 0.15) is 0 Å². The summed E-state index contributed by atoms with van der Waals surface area (Å²) in [5.74, 6) is -0.0841. The Kier molecular flexibility index (Phi) is 8.23. The Hall–Kier alpha value is -2.67. The molecule has 0 aliphatic heterocycles. The Labute approximate surface area is 188 Å². The molecule has 162 valence electrons. The van der Waals surface area contributed by atoms with Crippen LogP contribution in [0.25, 0.3) is 0 Å². The van der Waals surface area contributed by atoms with Crippen LogP contribution in [0.15, 0.2) is 83.8 Å². The zero-order chi connectivity index (χ0) is 22.1. The molecule has 0 spiro atoms. The Morgan fingerprint density at radius 1 is 0.806 bits per heavy atom. The first-order chi connectivity index (χ1) is 14.9. The van der Waals surface area contributed by atoms with Crippen molar-refractivity contribution < 1.29 is 13.2 Å². The number of sulfonamides is 1. The second kappa shape index (κ2) is 11.1. The quantitative estimate of drug-likeness (QED) is 0.482. The van der Waals surface area contributed by atoms with E-state index in [0.717, 1.165) is 16.7 Å². The molecule has 3 rings (SSSR count). The molecular weight excluding hydrogens is 432 g/mol.